The van der Waals surface area contributed by atoms with Crippen LogP contribution in [0.3, 0.4) is 0 Å². The molecule has 1 aliphatic carbocycles. The smallest absolute Gasteiger partial charge is 0.264 e. The molecule has 1 aliphatic rings. The van der Waals surface area contributed by atoms with Crippen LogP contribution in [0, 0.1) is 0 Å². The number of carbonyl (C=O) groups is 2. The first-order valence-corrected chi connectivity index (χ1v) is 15.1. The third-order valence-corrected chi connectivity index (χ3v) is 9.15. The van der Waals surface area contributed by atoms with Crippen molar-refractivity contribution in [3.63, 3.8) is 0 Å². The summed E-state index contributed by atoms with van der Waals surface area (Å²) in [4.78, 5) is 28.6. The second-order valence-electron chi connectivity index (χ2n) is 9.84. The first kappa shape index (κ1) is 29.4. The molecule has 0 aromatic heterocycles. The van der Waals surface area contributed by atoms with E-state index in [2.05, 4.69) is 5.32 Å². The number of hydrogen-bond donors (Lipinski definition) is 1. The highest BCUT2D eigenvalue weighted by Gasteiger charge is 2.33. The fraction of sp³-hybridized carbons (Fsp3) is 0.333. The zero-order valence-corrected chi connectivity index (χ0v) is 24.2. The third kappa shape index (κ3) is 7.14. The second kappa shape index (κ2) is 13.2. The van der Waals surface area contributed by atoms with Crippen molar-refractivity contribution in [2.75, 3.05) is 18.0 Å². The van der Waals surface area contributed by atoms with Crippen LogP contribution < -0.4 is 14.4 Å². The highest BCUT2D eigenvalue weighted by atomic mass is 35.5. The summed E-state index contributed by atoms with van der Waals surface area (Å²) < 4.78 is 33.9. The van der Waals surface area contributed by atoms with Gasteiger partial charge in [0.05, 0.1) is 17.7 Å². The molecule has 1 N–H and O–H groups in total. The highest BCUT2D eigenvalue weighted by Crippen LogP contribution is 2.26. The van der Waals surface area contributed by atoms with Crippen molar-refractivity contribution < 1.29 is 22.7 Å². The topological polar surface area (TPSA) is 96.0 Å². The largest absolute Gasteiger partial charge is 0.497 e. The van der Waals surface area contributed by atoms with Crippen molar-refractivity contribution in [2.24, 2.45) is 0 Å². The number of benzene rings is 3. The van der Waals surface area contributed by atoms with E-state index in [4.69, 9.17) is 16.3 Å². The van der Waals surface area contributed by atoms with Crippen LogP contribution in [0.2, 0.25) is 5.02 Å². The van der Waals surface area contributed by atoms with Gasteiger partial charge >= 0.3 is 0 Å². The van der Waals surface area contributed by atoms with Crippen LogP contribution in [0.4, 0.5) is 5.69 Å². The molecule has 0 spiro atoms. The Bertz CT molecular complexity index is 1390. The monoisotopic (exact) mass is 583 g/mol. The Morgan fingerprint density at radius 3 is 2.20 bits per heavy atom. The van der Waals surface area contributed by atoms with Crippen molar-refractivity contribution in [1.29, 1.82) is 0 Å². The fourth-order valence-corrected chi connectivity index (χ4v) is 6.30. The van der Waals surface area contributed by atoms with E-state index < -0.39 is 28.5 Å². The number of carbonyl (C=O) groups excluding carboxylic acids is 2. The van der Waals surface area contributed by atoms with E-state index in [1.165, 1.54) is 24.1 Å². The zero-order valence-electron chi connectivity index (χ0n) is 22.6. The van der Waals surface area contributed by atoms with Crippen LogP contribution in [-0.2, 0) is 26.2 Å². The predicted molar refractivity (Wildman–Crippen MR) is 156 cm³/mol. The van der Waals surface area contributed by atoms with Crippen molar-refractivity contribution in [2.45, 2.75) is 56.1 Å². The summed E-state index contributed by atoms with van der Waals surface area (Å²) in [6.45, 7) is 1.29. The van der Waals surface area contributed by atoms with E-state index >= 15 is 0 Å². The number of ether oxygens (including phenoxy) is 1. The van der Waals surface area contributed by atoms with Gasteiger partial charge in [0, 0.05) is 17.6 Å². The van der Waals surface area contributed by atoms with Crippen molar-refractivity contribution >= 4 is 39.1 Å². The number of amides is 2. The van der Waals surface area contributed by atoms with Gasteiger partial charge in [0.15, 0.2) is 0 Å². The number of anilines is 1. The Morgan fingerprint density at radius 2 is 1.60 bits per heavy atom. The van der Waals surface area contributed by atoms with Gasteiger partial charge in [-0.3, -0.25) is 13.9 Å². The van der Waals surface area contributed by atoms with Crippen LogP contribution >= 0.6 is 11.6 Å². The number of nitrogens with zero attached hydrogens (tertiary/aromatic N) is 2. The molecule has 1 saturated carbocycles. The number of halogens is 1. The third-order valence-electron chi connectivity index (χ3n) is 7.11. The minimum absolute atomic E-state index is 0.0150. The average molecular weight is 584 g/mol. The molecule has 0 radical (unpaired) electrons. The number of hydrogen-bond acceptors (Lipinski definition) is 5. The number of para-hydroxylation sites is 1. The quantitative estimate of drug-likeness (QED) is 0.342. The van der Waals surface area contributed by atoms with E-state index in [1.54, 1.807) is 73.7 Å². The Hall–Kier alpha value is -3.56. The summed E-state index contributed by atoms with van der Waals surface area (Å²) >= 11 is 6.06. The maximum atomic E-state index is 14.0. The summed E-state index contributed by atoms with van der Waals surface area (Å²) in [5, 5.41) is 3.61. The molecule has 0 unspecified atom stereocenters. The Balaban J connectivity index is 1.66. The molecule has 10 heteroatoms. The normalized spacial score (nSPS) is 14.4. The van der Waals surface area contributed by atoms with E-state index in [0.29, 0.717) is 16.5 Å². The van der Waals surface area contributed by atoms with E-state index in [0.717, 1.165) is 35.6 Å². The van der Waals surface area contributed by atoms with E-state index in [1.807, 2.05) is 0 Å². The van der Waals surface area contributed by atoms with E-state index in [-0.39, 0.29) is 23.4 Å². The summed E-state index contributed by atoms with van der Waals surface area (Å²) in [5.74, 6) is -0.263. The van der Waals surface area contributed by atoms with Crippen LogP contribution in [0.1, 0.15) is 38.2 Å². The molecule has 0 aliphatic heterocycles. The summed E-state index contributed by atoms with van der Waals surface area (Å²) in [6.07, 6.45) is 3.93. The molecule has 4 rings (SSSR count). The van der Waals surface area contributed by atoms with Crippen molar-refractivity contribution in [3.8, 4) is 5.75 Å². The summed E-state index contributed by atoms with van der Waals surface area (Å²) in [5.41, 5.74) is 1.10. The minimum Gasteiger partial charge on any atom is -0.497 e. The number of nitrogens with one attached hydrogen (secondary N) is 1. The Morgan fingerprint density at radius 1 is 0.975 bits per heavy atom. The summed E-state index contributed by atoms with van der Waals surface area (Å²) in [7, 11) is -2.64. The molecular weight excluding hydrogens is 550 g/mol. The molecule has 1 fully saturated rings. The van der Waals surface area contributed by atoms with Gasteiger partial charge < -0.3 is 15.0 Å². The minimum atomic E-state index is -4.14. The van der Waals surface area contributed by atoms with Crippen molar-refractivity contribution in [1.82, 2.24) is 10.2 Å². The lowest BCUT2D eigenvalue weighted by Gasteiger charge is -2.32. The fourth-order valence-electron chi connectivity index (χ4n) is 4.76. The number of sulfonamides is 1. The standard InChI is InChI=1S/C30H34ClN3O5S/c1-22(30(36)32-25-8-6-7-9-25)33(20-23-12-14-24(31)15-13-23)29(35)21-34(26-10-4-3-5-11-26)40(37,38)28-18-16-27(39-2)17-19-28/h3-5,10-19,22,25H,6-9,20-21H2,1-2H3,(H,32,36)/t22-/m0/s1. The van der Waals surface area contributed by atoms with Gasteiger partial charge in [-0.15, -0.1) is 0 Å². The van der Waals surface area contributed by atoms with Gasteiger partial charge in [0.1, 0.15) is 18.3 Å². The lowest BCUT2D eigenvalue weighted by Crippen LogP contribution is -2.52. The molecule has 8 nitrogen and oxygen atoms in total. The molecular formula is C30H34ClN3O5S. The van der Waals surface area contributed by atoms with Crippen molar-refractivity contribution in [3.05, 3.63) is 89.4 Å². The molecule has 3 aromatic rings. The van der Waals surface area contributed by atoms with Gasteiger partial charge in [-0.2, -0.15) is 0 Å². The maximum absolute atomic E-state index is 14.0. The number of methoxy groups -OCH3 is 1. The van der Waals surface area contributed by atoms with E-state index in [9.17, 15) is 18.0 Å². The Labute approximate surface area is 240 Å². The highest BCUT2D eigenvalue weighted by molar-refractivity contribution is 7.92. The lowest BCUT2D eigenvalue weighted by atomic mass is 10.1. The van der Waals surface area contributed by atoms with Gasteiger partial charge in [-0.1, -0.05) is 54.8 Å². The lowest BCUT2D eigenvalue weighted by molar-refractivity contribution is -0.139. The molecule has 0 bridgehead atoms. The summed E-state index contributed by atoms with van der Waals surface area (Å²) in [6, 6.07) is 20.7. The molecule has 2 amide bonds. The first-order chi connectivity index (χ1) is 19.2. The second-order valence-corrected chi connectivity index (χ2v) is 12.1. The zero-order chi connectivity index (χ0) is 28.7. The van der Waals surface area contributed by atoms with Gasteiger partial charge in [0.2, 0.25) is 11.8 Å². The molecule has 3 aromatic carbocycles. The molecule has 1 atom stereocenters. The maximum Gasteiger partial charge on any atom is 0.264 e. The SMILES string of the molecule is COc1ccc(S(=O)(=O)N(CC(=O)N(Cc2ccc(Cl)cc2)[C@@H](C)C(=O)NC2CCCC2)c2ccccc2)cc1. The number of rotatable bonds is 11. The average Bonchev–Trinajstić information content (AvgIpc) is 3.48. The molecule has 0 saturated heterocycles. The molecule has 0 heterocycles. The van der Waals surface area contributed by atoms with Gasteiger partial charge in [0.25, 0.3) is 10.0 Å². The molecule has 212 valence electrons. The predicted octanol–water partition coefficient (Wildman–Crippen LogP) is 5.02. The van der Waals surface area contributed by atoms with Crippen LogP contribution in [-0.4, -0.2) is 50.9 Å². The first-order valence-electron chi connectivity index (χ1n) is 13.2. The molecule has 40 heavy (non-hydrogen) atoms. The van der Waals surface area contributed by atoms with Crippen LogP contribution in [0.5, 0.6) is 5.75 Å². The van der Waals surface area contributed by atoms with Crippen LogP contribution in [0.15, 0.2) is 83.8 Å². The van der Waals surface area contributed by atoms with Crippen LogP contribution in [0.25, 0.3) is 0 Å². The Kier molecular flexibility index (Phi) is 9.71. The van der Waals surface area contributed by atoms with Gasteiger partial charge in [-0.25, -0.2) is 8.42 Å². The van der Waals surface area contributed by atoms with Gasteiger partial charge in [-0.05, 0) is 73.9 Å².